The Hall–Kier alpha value is -2.64. The standard InChI is InChI=1S/C24H23Br2N3O2/c1-2-22(28-21-12-10-19(25)11-13-21)24(30)29-27-15-18-7-3-4-9-23(18)31-16-17-6-5-8-20(26)14-17/h3-15,22,28H,2,16H2,1H3,(H,29,30)/b27-15+. The molecule has 0 spiro atoms. The Labute approximate surface area is 199 Å². The molecule has 1 unspecified atom stereocenters. The van der Waals surface area contributed by atoms with Crippen LogP contribution in [0.2, 0.25) is 0 Å². The molecule has 1 amide bonds. The molecule has 0 aliphatic heterocycles. The number of nitrogens with one attached hydrogen (secondary N) is 2. The fourth-order valence-electron chi connectivity index (χ4n) is 2.85. The first-order valence-corrected chi connectivity index (χ1v) is 11.4. The van der Waals surface area contributed by atoms with Crippen LogP contribution in [-0.4, -0.2) is 18.2 Å². The van der Waals surface area contributed by atoms with Crippen molar-refractivity contribution in [2.75, 3.05) is 5.32 Å². The second-order valence-electron chi connectivity index (χ2n) is 6.80. The van der Waals surface area contributed by atoms with Crippen LogP contribution in [0.15, 0.2) is 86.8 Å². The third-order valence-corrected chi connectivity index (χ3v) is 5.51. The third kappa shape index (κ3) is 7.22. The van der Waals surface area contributed by atoms with Crippen LogP contribution in [0.3, 0.4) is 0 Å². The summed E-state index contributed by atoms with van der Waals surface area (Å²) < 4.78 is 7.95. The summed E-state index contributed by atoms with van der Waals surface area (Å²) in [5, 5.41) is 7.36. The number of halogens is 2. The van der Waals surface area contributed by atoms with Crippen LogP contribution in [0.1, 0.15) is 24.5 Å². The first-order chi connectivity index (χ1) is 15.0. The van der Waals surface area contributed by atoms with Crippen LogP contribution in [0.4, 0.5) is 5.69 Å². The average molecular weight is 545 g/mol. The maximum Gasteiger partial charge on any atom is 0.262 e. The Bertz CT molecular complexity index is 1040. The second kappa shape index (κ2) is 11.7. The minimum atomic E-state index is -0.388. The number of amides is 1. The zero-order valence-electron chi connectivity index (χ0n) is 17.0. The summed E-state index contributed by atoms with van der Waals surface area (Å²) in [6, 6.07) is 22.8. The van der Waals surface area contributed by atoms with E-state index in [-0.39, 0.29) is 11.9 Å². The number of carbonyl (C=O) groups excluding carboxylic acids is 1. The maximum absolute atomic E-state index is 12.5. The maximum atomic E-state index is 12.5. The quantitative estimate of drug-likeness (QED) is 0.251. The molecule has 0 fully saturated rings. The molecule has 3 rings (SSSR count). The van der Waals surface area contributed by atoms with Crippen LogP contribution in [0.25, 0.3) is 0 Å². The van der Waals surface area contributed by atoms with Crippen molar-refractivity contribution in [1.29, 1.82) is 0 Å². The highest BCUT2D eigenvalue weighted by atomic mass is 79.9. The normalized spacial score (nSPS) is 11.8. The monoisotopic (exact) mass is 543 g/mol. The van der Waals surface area contributed by atoms with Gasteiger partial charge in [0.2, 0.25) is 0 Å². The molecule has 7 heteroatoms. The van der Waals surface area contributed by atoms with Crippen LogP contribution in [0.5, 0.6) is 5.75 Å². The summed E-state index contributed by atoms with van der Waals surface area (Å²) in [5.74, 6) is 0.495. The Morgan fingerprint density at radius 3 is 2.55 bits per heavy atom. The third-order valence-electron chi connectivity index (χ3n) is 4.49. The summed E-state index contributed by atoms with van der Waals surface area (Å²) in [6.45, 7) is 2.39. The molecule has 0 heterocycles. The predicted molar refractivity (Wildman–Crippen MR) is 132 cm³/mol. The number of ether oxygens (including phenoxy) is 1. The van der Waals surface area contributed by atoms with Gasteiger partial charge in [0.1, 0.15) is 18.4 Å². The van der Waals surface area contributed by atoms with Crippen LogP contribution in [0, 0.1) is 0 Å². The SMILES string of the molecule is CCC(Nc1ccc(Br)cc1)C(=O)N/N=C/c1ccccc1OCc1cccc(Br)c1. The lowest BCUT2D eigenvalue weighted by molar-refractivity contribution is -0.121. The van der Waals surface area contributed by atoms with Gasteiger partial charge in [-0.1, -0.05) is 63.0 Å². The van der Waals surface area contributed by atoms with E-state index in [0.29, 0.717) is 18.8 Å². The van der Waals surface area contributed by atoms with Gasteiger partial charge in [0.25, 0.3) is 5.91 Å². The van der Waals surface area contributed by atoms with E-state index in [1.807, 2.05) is 79.7 Å². The highest BCUT2D eigenvalue weighted by Gasteiger charge is 2.15. The summed E-state index contributed by atoms with van der Waals surface area (Å²) >= 11 is 6.88. The summed E-state index contributed by atoms with van der Waals surface area (Å²) in [5.41, 5.74) is 5.33. The van der Waals surface area contributed by atoms with Crippen molar-refractivity contribution in [3.63, 3.8) is 0 Å². The van der Waals surface area contributed by atoms with E-state index in [1.54, 1.807) is 6.21 Å². The van der Waals surface area contributed by atoms with Gasteiger partial charge in [0.05, 0.1) is 6.21 Å². The van der Waals surface area contributed by atoms with E-state index in [9.17, 15) is 4.79 Å². The minimum absolute atomic E-state index is 0.200. The fraction of sp³-hybridized carbons (Fsp3) is 0.167. The van der Waals surface area contributed by atoms with Gasteiger partial charge in [-0.05, 0) is 60.5 Å². The molecular formula is C24H23Br2N3O2. The van der Waals surface area contributed by atoms with E-state index in [4.69, 9.17) is 4.74 Å². The lowest BCUT2D eigenvalue weighted by Crippen LogP contribution is -2.36. The van der Waals surface area contributed by atoms with Gasteiger partial charge in [-0.25, -0.2) is 5.43 Å². The van der Waals surface area contributed by atoms with Gasteiger partial charge in [-0.15, -0.1) is 0 Å². The van der Waals surface area contributed by atoms with Crippen molar-refractivity contribution >= 4 is 49.7 Å². The molecule has 31 heavy (non-hydrogen) atoms. The molecule has 2 N–H and O–H groups in total. The second-order valence-corrected chi connectivity index (χ2v) is 8.63. The number of hydrogen-bond donors (Lipinski definition) is 2. The molecule has 0 radical (unpaired) electrons. The number of carbonyl (C=O) groups is 1. The smallest absolute Gasteiger partial charge is 0.262 e. The Balaban J connectivity index is 1.59. The van der Waals surface area contributed by atoms with E-state index in [0.717, 1.165) is 25.8 Å². The van der Waals surface area contributed by atoms with Gasteiger partial charge in [-0.2, -0.15) is 5.10 Å². The Morgan fingerprint density at radius 1 is 1.03 bits per heavy atom. The summed E-state index contributed by atoms with van der Waals surface area (Å²) in [4.78, 5) is 12.5. The van der Waals surface area contributed by atoms with Crippen LogP contribution >= 0.6 is 31.9 Å². The van der Waals surface area contributed by atoms with Crippen LogP contribution < -0.4 is 15.5 Å². The van der Waals surface area contributed by atoms with E-state index >= 15 is 0 Å². The van der Waals surface area contributed by atoms with Crippen LogP contribution in [-0.2, 0) is 11.4 Å². The Kier molecular flexibility index (Phi) is 8.67. The fourth-order valence-corrected chi connectivity index (χ4v) is 3.56. The minimum Gasteiger partial charge on any atom is -0.488 e. The molecule has 0 bridgehead atoms. The van der Waals surface area contributed by atoms with Crippen molar-refractivity contribution in [1.82, 2.24) is 5.43 Å². The topological polar surface area (TPSA) is 62.7 Å². The summed E-state index contributed by atoms with van der Waals surface area (Å²) in [7, 11) is 0. The molecule has 3 aromatic rings. The lowest BCUT2D eigenvalue weighted by atomic mass is 10.2. The van der Waals surface area contributed by atoms with Gasteiger partial charge < -0.3 is 10.1 Å². The van der Waals surface area contributed by atoms with Crippen molar-refractivity contribution in [2.24, 2.45) is 5.10 Å². The summed E-state index contributed by atoms with van der Waals surface area (Å²) in [6.07, 6.45) is 2.23. The highest BCUT2D eigenvalue weighted by molar-refractivity contribution is 9.10. The predicted octanol–water partition coefficient (Wildman–Crippen LogP) is 6.13. The molecule has 0 aliphatic rings. The van der Waals surface area contributed by atoms with E-state index < -0.39 is 0 Å². The van der Waals surface area contributed by atoms with Crippen molar-refractivity contribution in [3.05, 3.63) is 92.9 Å². The van der Waals surface area contributed by atoms with Gasteiger partial charge in [-0.3, -0.25) is 4.79 Å². The lowest BCUT2D eigenvalue weighted by Gasteiger charge is -2.16. The largest absolute Gasteiger partial charge is 0.488 e. The molecular weight excluding hydrogens is 522 g/mol. The molecule has 3 aromatic carbocycles. The molecule has 0 saturated carbocycles. The van der Waals surface area contributed by atoms with Crippen molar-refractivity contribution < 1.29 is 9.53 Å². The van der Waals surface area contributed by atoms with Gasteiger partial charge in [0, 0.05) is 20.2 Å². The van der Waals surface area contributed by atoms with Crippen molar-refractivity contribution in [2.45, 2.75) is 26.0 Å². The first kappa shape index (κ1) is 23.0. The zero-order chi connectivity index (χ0) is 22.1. The zero-order valence-corrected chi connectivity index (χ0v) is 20.2. The molecule has 0 saturated heterocycles. The van der Waals surface area contributed by atoms with Gasteiger partial charge >= 0.3 is 0 Å². The Morgan fingerprint density at radius 2 is 1.81 bits per heavy atom. The molecule has 1 atom stereocenters. The first-order valence-electron chi connectivity index (χ1n) is 9.86. The molecule has 0 aliphatic carbocycles. The number of hydrazone groups is 1. The molecule has 0 aromatic heterocycles. The number of nitrogens with zero attached hydrogens (tertiary/aromatic N) is 1. The number of para-hydroxylation sites is 1. The number of anilines is 1. The highest BCUT2D eigenvalue weighted by Crippen LogP contribution is 2.19. The molecule has 160 valence electrons. The van der Waals surface area contributed by atoms with Gasteiger partial charge in [0.15, 0.2) is 0 Å². The average Bonchev–Trinajstić information content (AvgIpc) is 2.78. The number of rotatable bonds is 9. The van der Waals surface area contributed by atoms with E-state index in [2.05, 4.69) is 47.7 Å². The number of benzene rings is 3. The van der Waals surface area contributed by atoms with Crippen molar-refractivity contribution in [3.8, 4) is 5.75 Å². The molecule has 5 nitrogen and oxygen atoms in total. The van der Waals surface area contributed by atoms with E-state index in [1.165, 1.54) is 0 Å². The number of hydrogen-bond acceptors (Lipinski definition) is 4.